The van der Waals surface area contributed by atoms with Gasteiger partial charge in [-0.05, 0) is 84.5 Å². The van der Waals surface area contributed by atoms with Gasteiger partial charge >= 0.3 is 13.2 Å². The summed E-state index contributed by atoms with van der Waals surface area (Å²) in [5.41, 5.74) is 2.87. The van der Waals surface area contributed by atoms with Crippen LogP contribution < -0.4 is 5.32 Å². The number of aryl methyl sites for hydroxylation is 2. The standard InChI is InChI=1S/C22H34BNO4/c1-15-10-11-17(12-16(15)2)13-18(14-24-19(25)26-20(3,4)5)23-27-21(6,7)22(8,9)28-23/h10-13H,14H2,1-9H3,(H,24,25). The van der Waals surface area contributed by atoms with Gasteiger partial charge in [-0.3, -0.25) is 0 Å². The second-order valence-electron chi connectivity index (χ2n) is 9.51. The number of nitrogens with one attached hydrogen (secondary N) is 1. The number of amides is 1. The predicted octanol–water partition coefficient (Wildman–Crippen LogP) is 4.84. The van der Waals surface area contributed by atoms with Gasteiger partial charge < -0.3 is 19.4 Å². The van der Waals surface area contributed by atoms with Crippen LogP contribution in [0.3, 0.4) is 0 Å². The molecule has 28 heavy (non-hydrogen) atoms. The molecular formula is C22H34BNO4. The molecule has 1 fully saturated rings. The molecular weight excluding hydrogens is 353 g/mol. The number of ether oxygens (including phenoxy) is 1. The van der Waals surface area contributed by atoms with Gasteiger partial charge in [0.25, 0.3) is 0 Å². The van der Waals surface area contributed by atoms with Crippen molar-refractivity contribution < 1.29 is 18.8 Å². The fourth-order valence-corrected chi connectivity index (χ4v) is 2.75. The fourth-order valence-electron chi connectivity index (χ4n) is 2.75. The van der Waals surface area contributed by atoms with E-state index in [1.807, 2.05) is 54.5 Å². The van der Waals surface area contributed by atoms with E-state index in [-0.39, 0.29) is 6.54 Å². The average Bonchev–Trinajstić information content (AvgIpc) is 2.73. The van der Waals surface area contributed by atoms with Gasteiger partial charge in [-0.2, -0.15) is 0 Å². The van der Waals surface area contributed by atoms with E-state index in [4.69, 9.17) is 14.0 Å². The van der Waals surface area contributed by atoms with Gasteiger partial charge in [0.05, 0.1) is 11.2 Å². The zero-order valence-electron chi connectivity index (χ0n) is 18.7. The third kappa shape index (κ3) is 5.61. The van der Waals surface area contributed by atoms with E-state index in [1.54, 1.807) is 0 Å². The van der Waals surface area contributed by atoms with Gasteiger partial charge in [-0.25, -0.2) is 4.79 Å². The van der Waals surface area contributed by atoms with Gasteiger partial charge in [0, 0.05) is 6.54 Å². The van der Waals surface area contributed by atoms with Crippen LogP contribution in [0.15, 0.2) is 23.7 Å². The third-order valence-electron chi connectivity index (χ3n) is 5.27. The largest absolute Gasteiger partial charge is 0.492 e. The van der Waals surface area contributed by atoms with Crippen LogP contribution in [-0.2, 0) is 14.0 Å². The molecule has 1 aromatic carbocycles. The minimum atomic E-state index is -0.549. The summed E-state index contributed by atoms with van der Waals surface area (Å²) in [7, 11) is -0.540. The zero-order valence-corrected chi connectivity index (χ0v) is 18.7. The third-order valence-corrected chi connectivity index (χ3v) is 5.27. The molecule has 0 unspecified atom stereocenters. The maximum Gasteiger partial charge on any atom is 0.492 e. The van der Waals surface area contributed by atoms with Crippen molar-refractivity contribution in [3.05, 3.63) is 40.4 Å². The lowest BCUT2D eigenvalue weighted by atomic mass is 9.77. The summed E-state index contributed by atoms with van der Waals surface area (Å²) in [4.78, 5) is 12.1. The number of benzene rings is 1. The lowest BCUT2D eigenvalue weighted by molar-refractivity contribution is 0.00578. The van der Waals surface area contributed by atoms with Crippen LogP contribution >= 0.6 is 0 Å². The van der Waals surface area contributed by atoms with Gasteiger partial charge in [-0.15, -0.1) is 0 Å². The molecule has 0 radical (unpaired) electrons. The second-order valence-corrected chi connectivity index (χ2v) is 9.51. The number of carbonyl (C=O) groups excluding carboxylic acids is 1. The van der Waals surface area contributed by atoms with Gasteiger partial charge in [0.15, 0.2) is 0 Å². The Kier molecular flexibility index (Phi) is 6.36. The van der Waals surface area contributed by atoms with Gasteiger partial charge in [0.2, 0.25) is 0 Å². The highest BCUT2D eigenvalue weighted by Crippen LogP contribution is 2.38. The SMILES string of the molecule is Cc1ccc(C=C(CNC(=O)OC(C)(C)C)B2OC(C)(C)C(C)(C)O2)cc1C. The van der Waals surface area contributed by atoms with E-state index < -0.39 is 30.0 Å². The van der Waals surface area contributed by atoms with Crippen LogP contribution in [0, 0.1) is 13.8 Å². The van der Waals surface area contributed by atoms with E-state index in [0.717, 1.165) is 11.0 Å². The van der Waals surface area contributed by atoms with Crippen molar-refractivity contribution >= 4 is 19.3 Å². The highest BCUT2D eigenvalue weighted by Gasteiger charge is 2.52. The Morgan fingerprint density at radius 1 is 1.11 bits per heavy atom. The highest BCUT2D eigenvalue weighted by atomic mass is 16.7. The Bertz CT molecular complexity index is 746. The molecule has 1 saturated heterocycles. The monoisotopic (exact) mass is 387 g/mol. The van der Waals surface area contributed by atoms with Crippen LogP contribution in [0.5, 0.6) is 0 Å². The normalized spacial score (nSPS) is 18.9. The minimum absolute atomic E-state index is 0.276. The summed E-state index contributed by atoms with van der Waals surface area (Å²) in [6, 6.07) is 6.26. The van der Waals surface area contributed by atoms with Crippen LogP contribution in [0.2, 0.25) is 0 Å². The summed E-state index contributed by atoms with van der Waals surface area (Å²) in [6.07, 6.45) is 1.56. The van der Waals surface area contributed by atoms with Crippen molar-refractivity contribution in [1.82, 2.24) is 5.32 Å². The Morgan fingerprint density at radius 3 is 2.18 bits per heavy atom. The first-order valence-electron chi connectivity index (χ1n) is 9.80. The molecule has 1 heterocycles. The molecule has 6 heteroatoms. The molecule has 1 aliphatic rings. The maximum absolute atomic E-state index is 12.1. The molecule has 0 bridgehead atoms. The van der Waals surface area contributed by atoms with Crippen LogP contribution in [-0.4, -0.2) is 36.6 Å². The molecule has 0 spiro atoms. The number of alkyl carbamates (subject to hydrolysis) is 1. The van der Waals surface area contributed by atoms with E-state index in [2.05, 4.69) is 37.4 Å². The Balaban J connectivity index is 2.27. The Labute approximate surface area is 170 Å². The first-order valence-corrected chi connectivity index (χ1v) is 9.80. The summed E-state index contributed by atoms with van der Waals surface area (Å²) < 4.78 is 17.8. The molecule has 1 aromatic rings. The fraction of sp³-hybridized carbons (Fsp3) is 0.591. The highest BCUT2D eigenvalue weighted by molar-refractivity contribution is 6.56. The van der Waals surface area contributed by atoms with Crippen molar-refractivity contribution in [2.75, 3.05) is 6.54 Å². The Morgan fingerprint density at radius 2 is 1.68 bits per heavy atom. The quantitative estimate of drug-likeness (QED) is 0.751. The summed E-state index contributed by atoms with van der Waals surface area (Å²) in [6.45, 7) is 18.0. The molecule has 5 nitrogen and oxygen atoms in total. The molecule has 0 saturated carbocycles. The number of hydrogen-bond donors (Lipinski definition) is 1. The topological polar surface area (TPSA) is 56.8 Å². The smallest absolute Gasteiger partial charge is 0.444 e. The molecule has 0 aromatic heterocycles. The number of hydrogen-bond acceptors (Lipinski definition) is 4. The van der Waals surface area contributed by atoms with E-state index in [1.165, 1.54) is 11.1 Å². The van der Waals surface area contributed by atoms with Crippen LogP contribution in [0.25, 0.3) is 6.08 Å². The van der Waals surface area contributed by atoms with E-state index >= 15 is 0 Å². The van der Waals surface area contributed by atoms with Crippen molar-refractivity contribution in [2.45, 2.75) is 79.1 Å². The number of carbonyl (C=O) groups is 1. The van der Waals surface area contributed by atoms with Crippen molar-refractivity contribution in [1.29, 1.82) is 0 Å². The number of rotatable bonds is 4. The zero-order chi connectivity index (χ0) is 21.3. The molecule has 0 aliphatic carbocycles. The second kappa shape index (κ2) is 7.92. The molecule has 1 amide bonds. The molecule has 1 N–H and O–H groups in total. The molecule has 0 atom stereocenters. The lowest BCUT2D eigenvalue weighted by Crippen LogP contribution is -2.41. The van der Waals surface area contributed by atoms with Crippen molar-refractivity contribution in [2.24, 2.45) is 0 Å². The summed E-state index contributed by atoms with van der Waals surface area (Å²) in [5.74, 6) is 0. The van der Waals surface area contributed by atoms with E-state index in [9.17, 15) is 4.79 Å². The van der Waals surface area contributed by atoms with Crippen molar-refractivity contribution in [3.63, 3.8) is 0 Å². The van der Waals surface area contributed by atoms with Crippen LogP contribution in [0.1, 0.15) is 65.2 Å². The molecule has 154 valence electrons. The van der Waals surface area contributed by atoms with Crippen molar-refractivity contribution in [3.8, 4) is 0 Å². The van der Waals surface area contributed by atoms with Gasteiger partial charge in [-0.1, -0.05) is 24.3 Å². The minimum Gasteiger partial charge on any atom is -0.444 e. The lowest BCUT2D eigenvalue weighted by Gasteiger charge is -2.32. The maximum atomic E-state index is 12.1. The predicted molar refractivity (Wildman–Crippen MR) is 114 cm³/mol. The first-order chi connectivity index (χ1) is 12.7. The first kappa shape index (κ1) is 22.5. The van der Waals surface area contributed by atoms with Crippen LogP contribution in [0.4, 0.5) is 4.79 Å². The van der Waals surface area contributed by atoms with E-state index in [0.29, 0.717) is 0 Å². The molecule has 1 aliphatic heterocycles. The average molecular weight is 387 g/mol. The Hall–Kier alpha value is -1.79. The molecule has 2 rings (SSSR count). The van der Waals surface area contributed by atoms with Gasteiger partial charge in [0.1, 0.15) is 5.60 Å². The summed E-state index contributed by atoms with van der Waals surface area (Å²) in [5, 5.41) is 2.83. The summed E-state index contributed by atoms with van der Waals surface area (Å²) >= 11 is 0.